The molecule has 1 aliphatic carbocycles. The fourth-order valence-corrected chi connectivity index (χ4v) is 3.24. The topological polar surface area (TPSA) is 20.2 Å². The Morgan fingerprint density at radius 2 is 1.53 bits per heavy atom. The second-order valence-corrected chi connectivity index (χ2v) is 5.44. The van der Waals surface area contributed by atoms with E-state index in [9.17, 15) is 5.11 Å². The molecule has 0 spiro atoms. The Labute approximate surface area is 114 Å². The maximum atomic E-state index is 10.3. The van der Waals surface area contributed by atoms with E-state index in [-0.39, 0.29) is 0 Å². The van der Waals surface area contributed by atoms with Gasteiger partial charge in [0.2, 0.25) is 0 Å². The second-order valence-electron chi connectivity index (χ2n) is 5.44. The van der Waals surface area contributed by atoms with Crippen molar-refractivity contribution in [1.29, 1.82) is 0 Å². The van der Waals surface area contributed by atoms with Crippen LogP contribution in [0, 0.1) is 0 Å². The lowest BCUT2D eigenvalue weighted by atomic mass is 9.80. The monoisotopic (exact) mass is 252 g/mol. The summed E-state index contributed by atoms with van der Waals surface area (Å²) in [7, 11) is 0. The van der Waals surface area contributed by atoms with Crippen LogP contribution in [0.15, 0.2) is 48.5 Å². The number of rotatable bonds is 2. The first-order valence-corrected chi connectivity index (χ1v) is 7.23. The zero-order valence-electron chi connectivity index (χ0n) is 11.2. The minimum absolute atomic E-state index is 0.466. The van der Waals surface area contributed by atoms with Gasteiger partial charge in [0, 0.05) is 5.56 Å². The summed E-state index contributed by atoms with van der Waals surface area (Å²) in [5, 5.41) is 10.3. The lowest BCUT2D eigenvalue weighted by molar-refractivity contribution is 0.415. The van der Waals surface area contributed by atoms with Gasteiger partial charge in [-0.1, -0.05) is 61.7 Å². The maximum Gasteiger partial charge on any atom is 0.119 e. The quantitative estimate of drug-likeness (QED) is 0.787. The lowest BCUT2D eigenvalue weighted by Gasteiger charge is -2.25. The normalized spacial score (nSPS) is 16.4. The van der Waals surface area contributed by atoms with Gasteiger partial charge < -0.3 is 5.11 Å². The highest BCUT2D eigenvalue weighted by atomic mass is 16.3. The van der Waals surface area contributed by atoms with Crippen molar-refractivity contribution in [2.75, 3.05) is 0 Å². The smallest absolute Gasteiger partial charge is 0.119 e. The highest BCUT2D eigenvalue weighted by molar-refractivity contribution is 5.70. The molecule has 0 saturated heterocycles. The maximum absolute atomic E-state index is 10.3. The summed E-state index contributed by atoms with van der Waals surface area (Å²) in [5.41, 5.74) is 3.57. The zero-order valence-corrected chi connectivity index (χ0v) is 11.2. The number of phenols is 1. The van der Waals surface area contributed by atoms with Crippen molar-refractivity contribution in [2.24, 2.45) is 0 Å². The summed E-state index contributed by atoms with van der Waals surface area (Å²) >= 11 is 0. The molecule has 0 amide bonds. The van der Waals surface area contributed by atoms with Gasteiger partial charge in [-0.2, -0.15) is 0 Å². The van der Waals surface area contributed by atoms with Gasteiger partial charge >= 0.3 is 0 Å². The van der Waals surface area contributed by atoms with Crippen LogP contribution in [-0.4, -0.2) is 5.11 Å². The Kier molecular flexibility index (Phi) is 3.54. The molecule has 0 atom stereocenters. The van der Waals surface area contributed by atoms with Gasteiger partial charge in [-0.3, -0.25) is 0 Å². The molecular weight excluding hydrogens is 232 g/mol. The predicted octanol–water partition coefficient (Wildman–Crippen LogP) is 5.11. The highest BCUT2D eigenvalue weighted by Crippen LogP contribution is 2.42. The molecule has 1 fully saturated rings. The van der Waals surface area contributed by atoms with E-state index >= 15 is 0 Å². The number of hydrogen-bond acceptors (Lipinski definition) is 1. The molecule has 1 aliphatic rings. The lowest BCUT2D eigenvalue weighted by Crippen LogP contribution is -2.06. The van der Waals surface area contributed by atoms with Crippen molar-refractivity contribution in [3.63, 3.8) is 0 Å². The van der Waals surface area contributed by atoms with Crippen LogP contribution in [0.1, 0.15) is 43.6 Å². The Hall–Kier alpha value is -1.76. The molecule has 0 radical (unpaired) electrons. The minimum atomic E-state index is 0.466. The number of hydrogen-bond donors (Lipinski definition) is 1. The van der Waals surface area contributed by atoms with Gasteiger partial charge in [-0.15, -0.1) is 0 Å². The van der Waals surface area contributed by atoms with Crippen LogP contribution in [-0.2, 0) is 0 Å². The molecule has 0 heterocycles. The molecule has 3 rings (SSSR count). The molecule has 0 unspecified atom stereocenters. The Morgan fingerprint density at radius 1 is 0.789 bits per heavy atom. The fraction of sp³-hybridized carbons (Fsp3) is 0.333. The first kappa shape index (κ1) is 12.3. The predicted molar refractivity (Wildman–Crippen MR) is 79.4 cm³/mol. The molecular formula is C18H20O. The van der Waals surface area contributed by atoms with E-state index in [0.717, 1.165) is 5.56 Å². The van der Waals surface area contributed by atoms with Crippen molar-refractivity contribution in [3.05, 3.63) is 54.1 Å². The molecule has 98 valence electrons. The van der Waals surface area contributed by atoms with E-state index in [4.69, 9.17) is 0 Å². The standard InChI is InChI=1S/C18H20O/c19-17-13-7-12-16(14-8-3-1-4-9-14)18(17)15-10-5-2-6-11-15/h1,3-4,7-9,12-13,15,19H,2,5-6,10-11H2. The molecule has 1 N–H and O–H groups in total. The molecule has 1 heteroatoms. The first-order valence-electron chi connectivity index (χ1n) is 7.23. The Bertz CT molecular complexity index is 539. The molecule has 0 aromatic heterocycles. The molecule has 1 saturated carbocycles. The first-order chi connectivity index (χ1) is 9.36. The van der Waals surface area contributed by atoms with Crippen LogP contribution in [0.5, 0.6) is 5.75 Å². The summed E-state index contributed by atoms with van der Waals surface area (Å²) < 4.78 is 0. The molecule has 0 aliphatic heterocycles. The van der Waals surface area contributed by atoms with Crippen LogP contribution < -0.4 is 0 Å². The fourth-order valence-electron chi connectivity index (χ4n) is 3.24. The van der Waals surface area contributed by atoms with Crippen molar-refractivity contribution < 1.29 is 5.11 Å². The Balaban J connectivity index is 2.07. The second kappa shape index (κ2) is 5.48. The van der Waals surface area contributed by atoms with Gasteiger partial charge in [0.05, 0.1) is 0 Å². The summed E-state index contributed by atoms with van der Waals surface area (Å²) in [5.74, 6) is 0.985. The van der Waals surface area contributed by atoms with Crippen LogP contribution in [0.4, 0.5) is 0 Å². The number of phenolic OH excluding ortho intramolecular Hbond substituents is 1. The van der Waals surface area contributed by atoms with Crippen LogP contribution >= 0.6 is 0 Å². The van der Waals surface area contributed by atoms with Gasteiger partial charge in [-0.05, 0) is 36.0 Å². The van der Waals surface area contributed by atoms with Crippen LogP contribution in [0.25, 0.3) is 11.1 Å². The van der Waals surface area contributed by atoms with Gasteiger partial charge in [-0.25, -0.2) is 0 Å². The number of aromatic hydroxyl groups is 1. The van der Waals surface area contributed by atoms with E-state index in [0.29, 0.717) is 11.7 Å². The van der Waals surface area contributed by atoms with Gasteiger partial charge in [0.15, 0.2) is 0 Å². The summed E-state index contributed by atoms with van der Waals surface area (Å²) in [6, 6.07) is 16.3. The molecule has 0 bridgehead atoms. The van der Waals surface area contributed by atoms with E-state index in [2.05, 4.69) is 30.3 Å². The van der Waals surface area contributed by atoms with Crippen molar-refractivity contribution in [3.8, 4) is 16.9 Å². The third-order valence-electron chi connectivity index (χ3n) is 4.18. The van der Waals surface area contributed by atoms with Gasteiger partial charge in [0.25, 0.3) is 0 Å². The zero-order chi connectivity index (χ0) is 13.1. The minimum Gasteiger partial charge on any atom is -0.508 e. The Morgan fingerprint density at radius 3 is 2.26 bits per heavy atom. The van der Waals surface area contributed by atoms with E-state index in [1.54, 1.807) is 0 Å². The van der Waals surface area contributed by atoms with E-state index in [1.165, 1.54) is 43.2 Å². The van der Waals surface area contributed by atoms with Crippen molar-refractivity contribution in [1.82, 2.24) is 0 Å². The van der Waals surface area contributed by atoms with Crippen molar-refractivity contribution >= 4 is 0 Å². The third kappa shape index (κ3) is 2.51. The van der Waals surface area contributed by atoms with Gasteiger partial charge in [0.1, 0.15) is 5.75 Å². The average Bonchev–Trinajstić information content (AvgIpc) is 2.49. The summed E-state index contributed by atoms with van der Waals surface area (Å²) in [6.45, 7) is 0. The summed E-state index contributed by atoms with van der Waals surface area (Å²) in [6.07, 6.45) is 6.32. The van der Waals surface area contributed by atoms with E-state index in [1.807, 2.05) is 18.2 Å². The average molecular weight is 252 g/mol. The third-order valence-corrected chi connectivity index (χ3v) is 4.18. The number of benzene rings is 2. The van der Waals surface area contributed by atoms with E-state index < -0.39 is 0 Å². The van der Waals surface area contributed by atoms with Crippen LogP contribution in [0.2, 0.25) is 0 Å². The van der Waals surface area contributed by atoms with Crippen LogP contribution in [0.3, 0.4) is 0 Å². The molecule has 1 nitrogen and oxygen atoms in total. The SMILES string of the molecule is Oc1cccc(-c2ccccc2)c1C1CCCCC1. The van der Waals surface area contributed by atoms with Crippen molar-refractivity contribution in [2.45, 2.75) is 38.0 Å². The molecule has 2 aromatic rings. The highest BCUT2D eigenvalue weighted by Gasteiger charge is 2.21. The molecule has 19 heavy (non-hydrogen) atoms. The summed E-state index contributed by atoms with van der Waals surface area (Å²) in [4.78, 5) is 0. The molecule has 2 aromatic carbocycles. The largest absolute Gasteiger partial charge is 0.508 e.